The largest absolute Gasteiger partial charge is 0.466 e. The third-order valence-electron chi connectivity index (χ3n) is 7.28. The highest BCUT2D eigenvalue weighted by molar-refractivity contribution is 6.04. The molecule has 0 spiro atoms. The van der Waals surface area contributed by atoms with Crippen LogP contribution in [0.3, 0.4) is 0 Å². The van der Waals surface area contributed by atoms with Crippen molar-refractivity contribution >= 4 is 23.8 Å². The van der Waals surface area contributed by atoms with E-state index < -0.39 is 41.3 Å². The van der Waals surface area contributed by atoms with E-state index in [-0.39, 0.29) is 37.9 Å². The number of nitrogens with one attached hydrogen (secondary N) is 1. The number of carbonyl (C=O) groups excluding carboxylic acids is 4. The lowest BCUT2D eigenvalue weighted by Gasteiger charge is -2.29. The van der Waals surface area contributed by atoms with Crippen molar-refractivity contribution in [2.75, 3.05) is 19.8 Å². The van der Waals surface area contributed by atoms with Gasteiger partial charge in [-0.3, -0.25) is 9.59 Å². The van der Waals surface area contributed by atoms with Crippen LogP contribution in [-0.2, 0) is 28.6 Å². The van der Waals surface area contributed by atoms with E-state index in [1.54, 1.807) is 13.8 Å². The van der Waals surface area contributed by atoms with Crippen molar-refractivity contribution in [2.24, 2.45) is 17.8 Å². The van der Waals surface area contributed by atoms with Gasteiger partial charge in [-0.25, -0.2) is 9.59 Å². The van der Waals surface area contributed by atoms with Crippen molar-refractivity contribution in [3.63, 3.8) is 0 Å². The summed E-state index contributed by atoms with van der Waals surface area (Å²) in [5, 5.41) is 2.63. The second-order valence-corrected chi connectivity index (χ2v) is 9.11. The molecule has 3 aliphatic rings. The normalized spacial score (nSPS) is 25.8. The fraction of sp³-hybridized carbons (Fsp3) is 0.407. The molecule has 0 aliphatic heterocycles. The van der Waals surface area contributed by atoms with Gasteiger partial charge in [0.15, 0.2) is 5.54 Å². The number of hydrogen-bond acceptors (Lipinski definition) is 7. The zero-order valence-electron chi connectivity index (χ0n) is 19.6. The van der Waals surface area contributed by atoms with Crippen LogP contribution in [0.25, 0.3) is 11.1 Å². The van der Waals surface area contributed by atoms with Crippen LogP contribution in [0.15, 0.2) is 48.5 Å². The molecule has 8 nitrogen and oxygen atoms in total. The molecule has 4 atom stereocenters. The lowest BCUT2D eigenvalue weighted by molar-refractivity contribution is -0.154. The molecule has 2 aromatic rings. The summed E-state index contributed by atoms with van der Waals surface area (Å²) in [6.07, 6.45) is -1.07. The number of fused-ring (bicyclic) bond motifs is 4. The highest BCUT2D eigenvalue weighted by Crippen LogP contribution is 2.61. The Hall–Kier alpha value is -3.68. The number of ketones is 1. The molecule has 2 fully saturated rings. The zero-order valence-corrected chi connectivity index (χ0v) is 19.6. The molecule has 1 N–H and O–H groups in total. The van der Waals surface area contributed by atoms with Crippen molar-refractivity contribution in [1.82, 2.24) is 5.32 Å². The van der Waals surface area contributed by atoms with Crippen LogP contribution < -0.4 is 5.32 Å². The number of amides is 1. The number of Topliss-reactive ketones (excluding diaryl/α,β-unsaturated/α-hetero) is 1. The lowest BCUT2D eigenvalue weighted by atomic mass is 9.90. The molecule has 5 rings (SSSR count). The Bertz CT molecular complexity index is 1160. The SMILES string of the molecule is CCOC(=O)[C@H]1[C@@H]2C(=O)C[C@@](NC(=O)OCC3c4ccccc4-c4ccccc43)(C(=O)OCC)[C@@H]21. The second-order valence-electron chi connectivity index (χ2n) is 9.11. The van der Waals surface area contributed by atoms with Gasteiger partial charge in [0.25, 0.3) is 0 Å². The Balaban J connectivity index is 1.35. The maximum absolute atomic E-state index is 13.0. The quantitative estimate of drug-likeness (QED) is 0.482. The molecule has 2 aromatic carbocycles. The standard InChI is InChI=1S/C27H27NO7/c1-3-33-24(30)22-21-20(29)13-27(23(21)22,25(31)34-4-2)28-26(32)35-14-19-17-11-7-5-9-15(17)16-10-6-8-12-18(16)19/h5-12,19,21-23H,3-4,13-14H2,1-2H3,(H,28,32)/t21-,22-,23-,27-/m0/s1. The van der Waals surface area contributed by atoms with Crippen LogP contribution in [0.5, 0.6) is 0 Å². The van der Waals surface area contributed by atoms with Crippen LogP contribution in [0.2, 0.25) is 0 Å². The maximum Gasteiger partial charge on any atom is 0.408 e. The van der Waals surface area contributed by atoms with Crippen LogP contribution in [0.1, 0.15) is 37.3 Å². The first kappa shape index (κ1) is 23.1. The van der Waals surface area contributed by atoms with Crippen molar-refractivity contribution in [1.29, 1.82) is 0 Å². The minimum Gasteiger partial charge on any atom is -0.466 e. The average molecular weight is 478 g/mol. The minimum absolute atomic E-state index is 0.0577. The molecule has 0 unspecified atom stereocenters. The second kappa shape index (κ2) is 8.83. The number of rotatable bonds is 7. The van der Waals surface area contributed by atoms with Crippen LogP contribution in [-0.4, -0.2) is 49.2 Å². The predicted molar refractivity (Wildman–Crippen MR) is 124 cm³/mol. The molecule has 3 aliphatic carbocycles. The first-order valence-corrected chi connectivity index (χ1v) is 11.9. The van der Waals surface area contributed by atoms with Crippen LogP contribution in [0, 0.1) is 17.8 Å². The van der Waals surface area contributed by atoms with Gasteiger partial charge in [-0.15, -0.1) is 0 Å². The first-order valence-electron chi connectivity index (χ1n) is 11.9. The molecule has 0 heterocycles. The van der Waals surface area contributed by atoms with E-state index in [2.05, 4.69) is 5.32 Å². The van der Waals surface area contributed by atoms with Crippen molar-refractivity contribution in [2.45, 2.75) is 31.7 Å². The first-order chi connectivity index (χ1) is 16.9. The summed E-state index contributed by atoms with van der Waals surface area (Å²) < 4.78 is 15.9. The van der Waals surface area contributed by atoms with Gasteiger partial charge in [0, 0.05) is 24.2 Å². The molecule has 1 amide bonds. The van der Waals surface area contributed by atoms with Gasteiger partial charge in [0.05, 0.1) is 19.1 Å². The molecule has 8 heteroatoms. The Morgan fingerprint density at radius 2 is 1.51 bits per heavy atom. The molecule has 0 radical (unpaired) electrons. The summed E-state index contributed by atoms with van der Waals surface area (Å²) in [6, 6.07) is 15.9. The van der Waals surface area contributed by atoms with Gasteiger partial charge in [-0.1, -0.05) is 48.5 Å². The van der Waals surface area contributed by atoms with Gasteiger partial charge < -0.3 is 19.5 Å². The third kappa shape index (κ3) is 3.68. The molecule has 0 bridgehead atoms. The van der Waals surface area contributed by atoms with E-state index in [1.807, 2.05) is 48.5 Å². The van der Waals surface area contributed by atoms with Gasteiger partial charge in [-0.2, -0.15) is 0 Å². The number of ether oxygens (including phenoxy) is 3. The van der Waals surface area contributed by atoms with Crippen LogP contribution >= 0.6 is 0 Å². The molecule has 182 valence electrons. The van der Waals surface area contributed by atoms with Crippen LogP contribution in [0.4, 0.5) is 4.79 Å². The lowest BCUT2D eigenvalue weighted by Crippen LogP contribution is -2.57. The highest BCUT2D eigenvalue weighted by Gasteiger charge is 2.76. The van der Waals surface area contributed by atoms with Gasteiger partial charge in [-0.05, 0) is 36.1 Å². The van der Waals surface area contributed by atoms with E-state index in [1.165, 1.54) is 0 Å². The third-order valence-corrected chi connectivity index (χ3v) is 7.28. The highest BCUT2D eigenvalue weighted by atomic mass is 16.6. The summed E-state index contributed by atoms with van der Waals surface area (Å²) in [7, 11) is 0. The molecular weight excluding hydrogens is 450 g/mol. The molecule has 0 saturated heterocycles. The molecule has 0 aromatic heterocycles. The monoisotopic (exact) mass is 477 g/mol. The Morgan fingerprint density at radius 3 is 2.11 bits per heavy atom. The summed E-state index contributed by atoms with van der Waals surface area (Å²) in [5.74, 6) is -3.83. The van der Waals surface area contributed by atoms with Crippen molar-refractivity contribution in [3.8, 4) is 11.1 Å². The molecule has 35 heavy (non-hydrogen) atoms. The van der Waals surface area contributed by atoms with Crippen molar-refractivity contribution < 1.29 is 33.4 Å². The Kier molecular flexibility index (Phi) is 5.83. The molecular formula is C27H27NO7. The summed E-state index contributed by atoms with van der Waals surface area (Å²) in [4.78, 5) is 51.1. The summed E-state index contributed by atoms with van der Waals surface area (Å²) >= 11 is 0. The van der Waals surface area contributed by atoms with E-state index >= 15 is 0 Å². The predicted octanol–water partition coefficient (Wildman–Crippen LogP) is 3.23. The average Bonchev–Trinajstić information content (AvgIpc) is 3.45. The minimum atomic E-state index is -1.64. The summed E-state index contributed by atoms with van der Waals surface area (Å²) in [5.41, 5.74) is 2.67. The number of carbonyl (C=O) groups is 4. The molecule has 2 saturated carbocycles. The van der Waals surface area contributed by atoms with E-state index in [0.29, 0.717) is 0 Å². The smallest absolute Gasteiger partial charge is 0.408 e. The van der Waals surface area contributed by atoms with E-state index in [4.69, 9.17) is 14.2 Å². The number of benzene rings is 2. The van der Waals surface area contributed by atoms with Gasteiger partial charge >= 0.3 is 18.0 Å². The van der Waals surface area contributed by atoms with E-state index in [9.17, 15) is 19.2 Å². The topological polar surface area (TPSA) is 108 Å². The van der Waals surface area contributed by atoms with Gasteiger partial charge in [0.2, 0.25) is 0 Å². The maximum atomic E-state index is 13.0. The fourth-order valence-corrected chi connectivity index (χ4v) is 5.83. The fourth-order valence-electron chi connectivity index (χ4n) is 5.83. The Morgan fingerprint density at radius 1 is 0.914 bits per heavy atom. The summed E-state index contributed by atoms with van der Waals surface area (Å²) in [6.45, 7) is 3.61. The Labute approximate surface area is 202 Å². The van der Waals surface area contributed by atoms with E-state index in [0.717, 1.165) is 22.3 Å². The van der Waals surface area contributed by atoms with Gasteiger partial charge in [0.1, 0.15) is 12.4 Å². The zero-order chi connectivity index (χ0) is 24.7. The van der Waals surface area contributed by atoms with Crippen molar-refractivity contribution in [3.05, 3.63) is 59.7 Å². The number of esters is 2. The number of alkyl carbamates (subject to hydrolysis) is 1. The number of hydrogen-bond donors (Lipinski definition) is 1.